The fourth-order valence-corrected chi connectivity index (χ4v) is 1.68. The van der Waals surface area contributed by atoms with Gasteiger partial charge in [0.05, 0.1) is 5.60 Å². The van der Waals surface area contributed by atoms with Crippen molar-refractivity contribution in [1.29, 1.82) is 0 Å². The first-order chi connectivity index (χ1) is 7.20. The van der Waals surface area contributed by atoms with Gasteiger partial charge in [0, 0.05) is 19.2 Å². The predicted molar refractivity (Wildman–Crippen MR) is 61.4 cm³/mol. The van der Waals surface area contributed by atoms with Gasteiger partial charge in [-0.1, -0.05) is 0 Å². The van der Waals surface area contributed by atoms with Crippen molar-refractivity contribution in [1.82, 2.24) is 4.90 Å². The molecule has 1 amide bonds. The fraction of sp³-hybridized carbons (Fsp3) is 0.583. The van der Waals surface area contributed by atoms with E-state index in [4.69, 9.17) is 4.42 Å². The number of rotatable bonds is 3. The molecule has 1 heterocycles. The van der Waals surface area contributed by atoms with Gasteiger partial charge in [-0.25, -0.2) is 0 Å². The molecule has 0 saturated carbocycles. The minimum absolute atomic E-state index is 0.201. The van der Waals surface area contributed by atoms with E-state index in [1.165, 1.54) is 4.90 Å². The number of hydrogen-bond donors (Lipinski definition) is 1. The molecule has 0 aliphatic rings. The van der Waals surface area contributed by atoms with E-state index in [1.54, 1.807) is 27.8 Å². The summed E-state index contributed by atoms with van der Waals surface area (Å²) in [6.45, 7) is 7.24. The van der Waals surface area contributed by atoms with Gasteiger partial charge in [0.25, 0.3) is 5.91 Å². The number of likely N-dealkylation sites (N-methyl/N-ethyl adjacent to an activating group) is 1. The van der Waals surface area contributed by atoms with Crippen molar-refractivity contribution in [3.63, 3.8) is 0 Å². The normalized spacial score (nSPS) is 11.6. The van der Waals surface area contributed by atoms with Gasteiger partial charge in [-0.2, -0.15) is 0 Å². The maximum Gasteiger partial charge on any atom is 0.289 e. The minimum atomic E-state index is -0.903. The summed E-state index contributed by atoms with van der Waals surface area (Å²) < 4.78 is 5.34. The molecular weight excluding hydrogens is 206 g/mol. The summed E-state index contributed by atoms with van der Waals surface area (Å²) in [6, 6.07) is 1.82. The standard InChI is InChI=1S/C12H19NO3/c1-8-6-9(2)16-10(8)11(14)13(5)7-12(3,4)15/h6,15H,7H2,1-5H3. The van der Waals surface area contributed by atoms with Crippen LogP contribution >= 0.6 is 0 Å². The van der Waals surface area contributed by atoms with Crippen LogP contribution in [-0.4, -0.2) is 35.1 Å². The Hall–Kier alpha value is -1.29. The molecule has 0 bridgehead atoms. The number of hydrogen-bond acceptors (Lipinski definition) is 3. The lowest BCUT2D eigenvalue weighted by atomic mass is 10.1. The molecule has 1 aromatic heterocycles. The van der Waals surface area contributed by atoms with E-state index in [1.807, 2.05) is 13.0 Å². The second-order valence-electron chi connectivity index (χ2n) is 4.84. The highest BCUT2D eigenvalue weighted by Gasteiger charge is 2.23. The van der Waals surface area contributed by atoms with Gasteiger partial charge in [-0.15, -0.1) is 0 Å². The highest BCUT2D eigenvalue weighted by atomic mass is 16.4. The second-order valence-corrected chi connectivity index (χ2v) is 4.84. The summed E-state index contributed by atoms with van der Waals surface area (Å²) >= 11 is 0. The van der Waals surface area contributed by atoms with Crippen LogP contribution in [0.4, 0.5) is 0 Å². The maximum atomic E-state index is 12.0. The molecule has 90 valence electrons. The topological polar surface area (TPSA) is 53.7 Å². The number of carbonyl (C=O) groups is 1. The third kappa shape index (κ3) is 3.10. The molecule has 0 unspecified atom stereocenters. The molecule has 0 fully saturated rings. The lowest BCUT2D eigenvalue weighted by Crippen LogP contribution is -2.39. The van der Waals surface area contributed by atoms with Gasteiger partial charge in [0.15, 0.2) is 5.76 Å². The van der Waals surface area contributed by atoms with E-state index in [0.717, 1.165) is 11.3 Å². The van der Waals surface area contributed by atoms with Crippen molar-refractivity contribution in [2.24, 2.45) is 0 Å². The molecule has 1 rings (SSSR count). The summed E-state index contributed by atoms with van der Waals surface area (Å²) in [6.07, 6.45) is 0. The van der Waals surface area contributed by atoms with Gasteiger partial charge in [0.2, 0.25) is 0 Å². The fourth-order valence-electron chi connectivity index (χ4n) is 1.68. The third-order valence-electron chi connectivity index (χ3n) is 2.21. The Kier molecular flexibility index (Phi) is 3.43. The van der Waals surface area contributed by atoms with E-state index >= 15 is 0 Å². The van der Waals surface area contributed by atoms with E-state index < -0.39 is 5.60 Å². The number of furan rings is 1. The largest absolute Gasteiger partial charge is 0.456 e. The monoisotopic (exact) mass is 225 g/mol. The molecule has 0 aliphatic carbocycles. The van der Waals surface area contributed by atoms with Crippen molar-refractivity contribution in [3.8, 4) is 0 Å². The third-order valence-corrected chi connectivity index (χ3v) is 2.21. The molecule has 4 heteroatoms. The Morgan fingerprint density at radius 3 is 2.44 bits per heavy atom. The second kappa shape index (κ2) is 4.29. The van der Waals surface area contributed by atoms with Gasteiger partial charge in [-0.3, -0.25) is 4.79 Å². The van der Waals surface area contributed by atoms with Crippen LogP contribution < -0.4 is 0 Å². The molecule has 0 aliphatic heterocycles. The molecule has 0 radical (unpaired) electrons. The first-order valence-electron chi connectivity index (χ1n) is 5.25. The SMILES string of the molecule is Cc1cc(C)c(C(=O)N(C)CC(C)(C)O)o1. The zero-order valence-corrected chi connectivity index (χ0v) is 10.5. The number of nitrogens with zero attached hydrogens (tertiary/aromatic N) is 1. The minimum Gasteiger partial charge on any atom is -0.456 e. The molecule has 1 aromatic rings. The van der Waals surface area contributed by atoms with E-state index in [0.29, 0.717) is 5.76 Å². The average Bonchev–Trinajstić information content (AvgIpc) is 2.41. The first kappa shape index (κ1) is 12.8. The van der Waals surface area contributed by atoms with Crippen LogP contribution in [0.5, 0.6) is 0 Å². The van der Waals surface area contributed by atoms with Crippen LogP contribution in [0.2, 0.25) is 0 Å². The van der Waals surface area contributed by atoms with Gasteiger partial charge >= 0.3 is 0 Å². The van der Waals surface area contributed by atoms with Gasteiger partial charge in [-0.05, 0) is 33.8 Å². The van der Waals surface area contributed by atoms with Crippen LogP contribution in [-0.2, 0) is 0 Å². The van der Waals surface area contributed by atoms with Crippen LogP contribution in [0.3, 0.4) is 0 Å². The van der Waals surface area contributed by atoms with Gasteiger partial charge < -0.3 is 14.4 Å². The quantitative estimate of drug-likeness (QED) is 0.852. The number of aliphatic hydroxyl groups is 1. The highest BCUT2D eigenvalue weighted by molar-refractivity contribution is 5.92. The number of carbonyl (C=O) groups excluding carboxylic acids is 1. The lowest BCUT2D eigenvalue weighted by Gasteiger charge is -2.25. The zero-order chi connectivity index (χ0) is 12.5. The smallest absolute Gasteiger partial charge is 0.289 e. The molecule has 4 nitrogen and oxygen atoms in total. The molecule has 1 N–H and O–H groups in total. The Bertz CT molecular complexity index is 387. The summed E-state index contributed by atoms with van der Waals surface area (Å²) in [5.74, 6) is 0.870. The van der Waals surface area contributed by atoms with Crippen molar-refractivity contribution in [3.05, 3.63) is 23.2 Å². The Morgan fingerprint density at radius 1 is 1.50 bits per heavy atom. The summed E-state index contributed by atoms with van der Waals surface area (Å²) in [5.41, 5.74) is -0.0787. The molecule has 0 atom stereocenters. The van der Waals surface area contributed by atoms with E-state index in [2.05, 4.69) is 0 Å². The first-order valence-corrected chi connectivity index (χ1v) is 5.25. The van der Waals surface area contributed by atoms with Crippen LogP contribution in [0.1, 0.15) is 35.7 Å². The molecule has 16 heavy (non-hydrogen) atoms. The lowest BCUT2D eigenvalue weighted by molar-refractivity contribution is 0.0351. The van der Waals surface area contributed by atoms with E-state index in [9.17, 15) is 9.90 Å². The molecule has 0 spiro atoms. The highest BCUT2D eigenvalue weighted by Crippen LogP contribution is 2.16. The molecule has 0 saturated heterocycles. The average molecular weight is 225 g/mol. The summed E-state index contributed by atoms with van der Waals surface area (Å²) in [7, 11) is 1.65. The summed E-state index contributed by atoms with van der Waals surface area (Å²) in [5, 5.41) is 9.63. The van der Waals surface area contributed by atoms with Crippen LogP contribution in [0.25, 0.3) is 0 Å². The number of aryl methyl sites for hydroxylation is 2. The van der Waals surface area contributed by atoms with Crippen LogP contribution in [0, 0.1) is 13.8 Å². The molecular formula is C12H19NO3. The zero-order valence-electron chi connectivity index (χ0n) is 10.5. The Labute approximate surface area is 95.9 Å². The van der Waals surface area contributed by atoms with Crippen molar-refractivity contribution < 1.29 is 14.3 Å². The van der Waals surface area contributed by atoms with E-state index in [-0.39, 0.29) is 12.5 Å². The van der Waals surface area contributed by atoms with Crippen molar-refractivity contribution in [2.45, 2.75) is 33.3 Å². The van der Waals surface area contributed by atoms with Crippen molar-refractivity contribution in [2.75, 3.05) is 13.6 Å². The Morgan fingerprint density at radius 2 is 2.06 bits per heavy atom. The van der Waals surface area contributed by atoms with Crippen LogP contribution in [0.15, 0.2) is 10.5 Å². The number of amides is 1. The molecule has 0 aromatic carbocycles. The van der Waals surface area contributed by atoms with Crippen molar-refractivity contribution >= 4 is 5.91 Å². The predicted octanol–water partition coefficient (Wildman–Crippen LogP) is 1.74. The maximum absolute atomic E-state index is 12.0. The van der Waals surface area contributed by atoms with Gasteiger partial charge in [0.1, 0.15) is 5.76 Å². The summed E-state index contributed by atoms with van der Waals surface area (Å²) in [4.78, 5) is 13.4. The Balaban J connectivity index is 2.82.